The quantitative estimate of drug-likeness (QED) is 0.731. The average Bonchev–Trinajstić information content (AvgIpc) is 3.10. The Morgan fingerprint density at radius 2 is 1.91 bits per heavy atom. The summed E-state index contributed by atoms with van der Waals surface area (Å²) in [7, 11) is 0. The number of carbonyl (C=O) groups is 1. The fourth-order valence-electron chi connectivity index (χ4n) is 3.14. The second-order valence-electron chi connectivity index (χ2n) is 5.53. The predicted octanol–water partition coefficient (Wildman–Crippen LogP) is 2.52. The van der Waals surface area contributed by atoms with Crippen molar-refractivity contribution in [2.75, 3.05) is 6.54 Å². The van der Waals surface area contributed by atoms with Crippen LogP contribution in [0.5, 0.6) is 0 Å². The first-order valence-corrected chi connectivity index (χ1v) is 7.61. The van der Waals surface area contributed by atoms with E-state index in [0.717, 1.165) is 17.8 Å². The zero-order chi connectivity index (χ0) is 15.6. The van der Waals surface area contributed by atoms with Crippen LogP contribution in [0.1, 0.15) is 27.8 Å². The summed E-state index contributed by atoms with van der Waals surface area (Å²) in [5.41, 5.74) is 2.61. The lowest BCUT2D eigenvalue weighted by molar-refractivity contribution is 0.0657. The minimum Gasteiger partial charge on any atom is -0.348 e. The molecule has 4 rings (SSSR count). The van der Waals surface area contributed by atoms with Gasteiger partial charge in [-0.2, -0.15) is 0 Å². The van der Waals surface area contributed by atoms with E-state index < -0.39 is 0 Å². The molecule has 5 nitrogen and oxygen atoms in total. The average molecular weight is 304 g/mol. The molecule has 0 fully saturated rings. The van der Waals surface area contributed by atoms with Gasteiger partial charge in [-0.05, 0) is 17.7 Å². The lowest BCUT2D eigenvalue weighted by atomic mass is 9.99. The molecular weight excluding hydrogens is 288 g/mol. The van der Waals surface area contributed by atoms with E-state index in [4.69, 9.17) is 0 Å². The Bertz CT molecular complexity index is 813. The number of rotatable bonds is 2. The molecule has 1 atom stereocenters. The van der Waals surface area contributed by atoms with Crippen LogP contribution < -0.4 is 0 Å². The Labute approximate surface area is 134 Å². The first-order chi connectivity index (χ1) is 11.3. The first kappa shape index (κ1) is 13.7. The molecule has 0 radical (unpaired) electrons. The molecule has 0 spiro atoms. The van der Waals surface area contributed by atoms with E-state index in [1.54, 1.807) is 12.4 Å². The second-order valence-corrected chi connectivity index (χ2v) is 5.53. The van der Waals surface area contributed by atoms with Gasteiger partial charge in [0.2, 0.25) is 0 Å². The van der Waals surface area contributed by atoms with Gasteiger partial charge in [-0.25, -0.2) is 4.98 Å². The van der Waals surface area contributed by atoms with Gasteiger partial charge in [-0.1, -0.05) is 30.3 Å². The van der Waals surface area contributed by atoms with E-state index in [1.807, 2.05) is 29.2 Å². The smallest absolute Gasteiger partial charge is 0.274 e. The van der Waals surface area contributed by atoms with Crippen molar-refractivity contribution in [3.8, 4) is 0 Å². The van der Waals surface area contributed by atoms with Crippen LogP contribution >= 0.6 is 0 Å². The molecule has 0 saturated carbocycles. The normalized spacial score (nSPS) is 16.9. The number of hydrogen-bond acceptors (Lipinski definition) is 3. The molecule has 3 aromatic rings. The third-order valence-electron chi connectivity index (χ3n) is 4.20. The van der Waals surface area contributed by atoms with Gasteiger partial charge in [0.1, 0.15) is 5.69 Å². The number of carbonyl (C=O) groups excluding carboxylic acids is 1. The van der Waals surface area contributed by atoms with Crippen molar-refractivity contribution in [1.29, 1.82) is 0 Å². The van der Waals surface area contributed by atoms with Crippen molar-refractivity contribution in [3.63, 3.8) is 0 Å². The molecule has 1 aromatic carbocycles. The molecule has 1 aliphatic rings. The summed E-state index contributed by atoms with van der Waals surface area (Å²) < 4.78 is 2.21. The molecule has 3 heterocycles. The van der Waals surface area contributed by atoms with Gasteiger partial charge in [0.15, 0.2) is 0 Å². The summed E-state index contributed by atoms with van der Waals surface area (Å²) >= 11 is 0. The molecular formula is C18H16N4O. The van der Waals surface area contributed by atoms with Gasteiger partial charge in [0, 0.05) is 37.4 Å². The highest BCUT2D eigenvalue weighted by Crippen LogP contribution is 2.33. The number of aromatic nitrogens is 3. The highest BCUT2D eigenvalue weighted by molar-refractivity contribution is 5.92. The third-order valence-corrected chi connectivity index (χ3v) is 4.20. The lowest BCUT2D eigenvalue weighted by Gasteiger charge is -2.37. The van der Waals surface area contributed by atoms with Crippen molar-refractivity contribution in [2.24, 2.45) is 0 Å². The van der Waals surface area contributed by atoms with Crippen molar-refractivity contribution < 1.29 is 4.79 Å². The maximum atomic E-state index is 12.9. The van der Waals surface area contributed by atoms with Gasteiger partial charge in [0.25, 0.3) is 5.91 Å². The highest BCUT2D eigenvalue weighted by Gasteiger charge is 2.33. The lowest BCUT2D eigenvalue weighted by Crippen LogP contribution is -2.42. The molecule has 2 aromatic heterocycles. The largest absolute Gasteiger partial charge is 0.348 e. The topological polar surface area (TPSA) is 51.0 Å². The monoisotopic (exact) mass is 304 g/mol. The zero-order valence-electron chi connectivity index (χ0n) is 12.5. The maximum Gasteiger partial charge on any atom is 0.274 e. The number of hydrogen-bond donors (Lipinski definition) is 0. The molecule has 1 amide bonds. The SMILES string of the molecule is O=C(c1cnccn1)N1CCn2cccc2C1c1ccccc1. The molecule has 0 N–H and O–H groups in total. The number of fused-ring (bicyclic) bond motifs is 1. The van der Waals surface area contributed by atoms with Gasteiger partial charge >= 0.3 is 0 Å². The van der Waals surface area contributed by atoms with Crippen LogP contribution in [0.25, 0.3) is 0 Å². The van der Waals surface area contributed by atoms with E-state index in [1.165, 1.54) is 6.20 Å². The highest BCUT2D eigenvalue weighted by atomic mass is 16.2. The fourth-order valence-corrected chi connectivity index (χ4v) is 3.14. The number of nitrogens with zero attached hydrogens (tertiary/aromatic N) is 4. The van der Waals surface area contributed by atoms with Crippen molar-refractivity contribution >= 4 is 5.91 Å². The van der Waals surface area contributed by atoms with Crippen LogP contribution in [0.4, 0.5) is 0 Å². The summed E-state index contributed by atoms with van der Waals surface area (Å²) in [5.74, 6) is -0.0839. The molecule has 1 unspecified atom stereocenters. The third kappa shape index (κ3) is 2.40. The molecule has 1 aliphatic heterocycles. The standard InChI is InChI=1S/C18H16N4O/c23-18(15-13-19-8-9-20-15)22-12-11-21-10-4-7-16(21)17(22)14-5-2-1-3-6-14/h1-10,13,17H,11-12H2. The number of amides is 1. The van der Waals surface area contributed by atoms with Crippen LogP contribution in [0, 0.1) is 0 Å². The van der Waals surface area contributed by atoms with E-state index in [0.29, 0.717) is 12.2 Å². The van der Waals surface area contributed by atoms with Crippen LogP contribution in [0.15, 0.2) is 67.3 Å². The zero-order valence-corrected chi connectivity index (χ0v) is 12.5. The van der Waals surface area contributed by atoms with E-state index >= 15 is 0 Å². The summed E-state index contributed by atoms with van der Waals surface area (Å²) in [4.78, 5) is 23.0. The Hall–Kier alpha value is -2.95. The van der Waals surface area contributed by atoms with Gasteiger partial charge < -0.3 is 9.47 Å². The van der Waals surface area contributed by atoms with E-state index in [2.05, 4.69) is 38.9 Å². The van der Waals surface area contributed by atoms with Crippen LogP contribution in [-0.4, -0.2) is 31.9 Å². The number of benzene rings is 1. The van der Waals surface area contributed by atoms with Gasteiger partial charge in [-0.3, -0.25) is 9.78 Å². The molecule has 114 valence electrons. The second kappa shape index (κ2) is 5.68. The minimum absolute atomic E-state index is 0.0839. The minimum atomic E-state index is -0.102. The summed E-state index contributed by atoms with van der Waals surface area (Å²) in [6, 6.07) is 14.1. The molecule has 23 heavy (non-hydrogen) atoms. The maximum absolute atomic E-state index is 12.9. The summed E-state index contributed by atoms with van der Waals surface area (Å²) in [6.45, 7) is 1.44. The van der Waals surface area contributed by atoms with Crippen molar-refractivity contribution in [1.82, 2.24) is 19.4 Å². The van der Waals surface area contributed by atoms with Crippen LogP contribution in [0.2, 0.25) is 0 Å². The molecule has 0 bridgehead atoms. The van der Waals surface area contributed by atoms with Gasteiger partial charge in [-0.15, -0.1) is 0 Å². The van der Waals surface area contributed by atoms with Crippen molar-refractivity contribution in [3.05, 3.63) is 84.2 Å². The van der Waals surface area contributed by atoms with Crippen molar-refractivity contribution in [2.45, 2.75) is 12.6 Å². The summed E-state index contributed by atoms with van der Waals surface area (Å²) in [6.07, 6.45) is 6.72. The fraction of sp³-hybridized carbons (Fsp3) is 0.167. The molecule has 5 heteroatoms. The Morgan fingerprint density at radius 3 is 2.70 bits per heavy atom. The Morgan fingerprint density at radius 1 is 1.04 bits per heavy atom. The Kier molecular flexibility index (Phi) is 3.38. The van der Waals surface area contributed by atoms with Crippen LogP contribution in [0.3, 0.4) is 0 Å². The van der Waals surface area contributed by atoms with Crippen LogP contribution in [-0.2, 0) is 6.54 Å². The summed E-state index contributed by atoms with van der Waals surface area (Å²) in [5, 5.41) is 0. The first-order valence-electron chi connectivity index (χ1n) is 7.61. The van der Waals surface area contributed by atoms with E-state index in [9.17, 15) is 4.79 Å². The van der Waals surface area contributed by atoms with E-state index in [-0.39, 0.29) is 11.9 Å². The molecule has 0 saturated heterocycles. The Balaban J connectivity index is 1.78. The van der Waals surface area contributed by atoms with Gasteiger partial charge in [0.05, 0.1) is 12.2 Å². The molecule has 0 aliphatic carbocycles. The predicted molar refractivity (Wildman–Crippen MR) is 85.8 cm³/mol.